The van der Waals surface area contributed by atoms with Gasteiger partial charge in [0.1, 0.15) is 11.6 Å². The average Bonchev–Trinajstić information content (AvgIpc) is 2.84. The maximum atomic E-state index is 11.0. The second-order valence-corrected chi connectivity index (χ2v) is 4.77. The lowest BCUT2D eigenvalue weighted by Gasteiger charge is -2.21. The molecule has 1 aromatic carbocycles. The molecule has 0 saturated carbocycles. The van der Waals surface area contributed by atoms with Crippen LogP contribution in [0, 0.1) is 0 Å². The lowest BCUT2D eigenvalue weighted by atomic mass is 10.1. The molecular weight excluding hydrogens is 244 g/mol. The quantitative estimate of drug-likeness (QED) is 0.864. The smallest absolute Gasteiger partial charge is 0.347 e. The number of carboxylic acids is 1. The summed E-state index contributed by atoms with van der Waals surface area (Å²) in [4.78, 5) is 18.2. The van der Waals surface area contributed by atoms with Crippen LogP contribution in [-0.4, -0.2) is 26.6 Å². The maximum absolute atomic E-state index is 11.0. The van der Waals surface area contributed by atoms with E-state index in [-0.39, 0.29) is 0 Å². The molecule has 5 nitrogen and oxygen atoms in total. The van der Waals surface area contributed by atoms with E-state index in [0.29, 0.717) is 12.2 Å². The number of hydrogen-bond donors (Lipinski definition) is 2. The summed E-state index contributed by atoms with van der Waals surface area (Å²) in [5, 5.41) is 8.99. The lowest BCUT2D eigenvalue weighted by molar-refractivity contribution is -0.152. The molecule has 0 aliphatic rings. The highest BCUT2D eigenvalue weighted by molar-refractivity contribution is 5.76. The second-order valence-electron chi connectivity index (χ2n) is 4.77. The number of aromatic nitrogens is 2. The Morgan fingerprint density at radius 1 is 1.37 bits per heavy atom. The van der Waals surface area contributed by atoms with Crippen LogP contribution in [-0.2, 0) is 11.2 Å². The maximum Gasteiger partial charge on any atom is 0.347 e. The highest BCUT2D eigenvalue weighted by atomic mass is 16.5. The van der Waals surface area contributed by atoms with E-state index >= 15 is 0 Å². The zero-order valence-electron chi connectivity index (χ0n) is 10.9. The van der Waals surface area contributed by atoms with Crippen molar-refractivity contribution in [3.63, 3.8) is 0 Å². The van der Waals surface area contributed by atoms with E-state index in [1.807, 2.05) is 12.1 Å². The molecular formula is C14H16N2O3. The van der Waals surface area contributed by atoms with Gasteiger partial charge in [0, 0.05) is 18.8 Å². The molecule has 0 radical (unpaired) electrons. The topological polar surface area (TPSA) is 75.2 Å². The first-order valence-corrected chi connectivity index (χ1v) is 5.97. The number of carboxylic acid groups (broad SMARTS) is 1. The number of rotatable bonds is 5. The summed E-state index contributed by atoms with van der Waals surface area (Å²) in [5.74, 6) is 0.433. The van der Waals surface area contributed by atoms with Crippen LogP contribution in [0.1, 0.15) is 25.2 Å². The van der Waals surface area contributed by atoms with Gasteiger partial charge in [-0.3, -0.25) is 0 Å². The van der Waals surface area contributed by atoms with Crippen molar-refractivity contribution < 1.29 is 14.6 Å². The van der Waals surface area contributed by atoms with Gasteiger partial charge in [0.2, 0.25) is 0 Å². The van der Waals surface area contributed by atoms with Crippen LogP contribution < -0.4 is 4.74 Å². The van der Waals surface area contributed by atoms with Gasteiger partial charge in [0.15, 0.2) is 5.60 Å². The second kappa shape index (κ2) is 5.14. The number of ether oxygens (including phenoxy) is 1. The molecule has 1 aromatic heterocycles. The molecule has 1 heterocycles. The van der Waals surface area contributed by atoms with Gasteiger partial charge < -0.3 is 14.8 Å². The van der Waals surface area contributed by atoms with E-state index in [0.717, 1.165) is 11.4 Å². The number of benzene rings is 1. The average molecular weight is 260 g/mol. The molecule has 0 aliphatic carbocycles. The molecule has 0 amide bonds. The Labute approximate surface area is 111 Å². The van der Waals surface area contributed by atoms with Gasteiger partial charge in [-0.1, -0.05) is 12.1 Å². The zero-order valence-corrected chi connectivity index (χ0v) is 10.9. The summed E-state index contributed by atoms with van der Waals surface area (Å²) in [6, 6.07) is 7.33. The van der Waals surface area contributed by atoms with Gasteiger partial charge in [-0.25, -0.2) is 9.78 Å². The Bertz CT molecular complexity index is 545. The first-order chi connectivity index (χ1) is 8.97. The molecule has 0 spiro atoms. The summed E-state index contributed by atoms with van der Waals surface area (Å²) in [7, 11) is 0. The highest BCUT2D eigenvalue weighted by Crippen LogP contribution is 2.20. The zero-order chi connectivity index (χ0) is 13.9. The van der Waals surface area contributed by atoms with Gasteiger partial charge in [-0.2, -0.15) is 0 Å². The molecule has 2 aromatic rings. The van der Waals surface area contributed by atoms with Gasteiger partial charge in [0.25, 0.3) is 0 Å². The first-order valence-electron chi connectivity index (χ1n) is 5.97. The Hall–Kier alpha value is -2.30. The molecule has 19 heavy (non-hydrogen) atoms. The summed E-state index contributed by atoms with van der Waals surface area (Å²) < 4.78 is 5.43. The van der Waals surface area contributed by atoms with Crippen molar-refractivity contribution in [1.29, 1.82) is 0 Å². The minimum absolute atomic E-state index is 0.538. The largest absolute Gasteiger partial charge is 0.478 e. The number of carbonyl (C=O) groups is 1. The fourth-order valence-corrected chi connectivity index (χ4v) is 1.60. The number of hydrogen-bond acceptors (Lipinski definition) is 3. The van der Waals surface area contributed by atoms with Gasteiger partial charge in [-0.15, -0.1) is 0 Å². The normalized spacial score (nSPS) is 11.3. The van der Waals surface area contributed by atoms with E-state index in [1.54, 1.807) is 24.5 Å². The molecule has 0 aliphatic heterocycles. The number of imidazole rings is 1. The van der Waals surface area contributed by atoms with Crippen molar-refractivity contribution >= 4 is 5.97 Å². The van der Waals surface area contributed by atoms with Crippen LogP contribution in [0.2, 0.25) is 0 Å². The van der Waals surface area contributed by atoms with Crippen molar-refractivity contribution in [2.45, 2.75) is 25.9 Å². The fraction of sp³-hybridized carbons (Fsp3) is 0.286. The minimum Gasteiger partial charge on any atom is -0.478 e. The Balaban J connectivity index is 2.04. The number of aliphatic carboxylic acids is 1. The van der Waals surface area contributed by atoms with E-state index in [1.165, 1.54) is 13.8 Å². The van der Waals surface area contributed by atoms with Crippen molar-refractivity contribution in [1.82, 2.24) is 9.97 Å². The molecule has 0 saturated heterocycles. The van der Waals surface area contributed by atoms with Crippen LogP contribution in [0.15, 0.2) is 36.7 Å². The standard InChI is InChI=1S/C14H16N2O3/c1-14(2,13(17)18)19-11-5-3-10(4-6-11)9-12-15-7-8-16-12/h3-8H,9H2,1-2H3,(H,15,16)(H,17,18). The summed E-state index contributed by atoms with van der Waals surface area (Å²) in [6.45, 7) is 3.04. The van der Waals surface area contributed by atoms with Gasteiger partial charge in [0.05, 0.1) is 0 Å². The number of H-pyrrole nitrogens is 1. The Morgan fingerprint density at radius 3 is 2.58 bits per heavy atom. The molecule has 2 rings (SSSR count). The van der Waals surface area contributed by atoms with Crippen LogP contribution in [0.4, 0.5) is 0 Å². The van der Waals surface area contributed by atoms with Crippen molar-refractivity contribution in [2.24, 2.45) is 0 Å². The van der Waals surface area contributed by atoms with Crippen molar-refractivity contribution in [3.8, 4) is 5.75 Å². The van der Waals surface area contributed by atoms with Crippen LogP contribution >= 0.6 is 0 Å². The Morgan fingerprint density at radius 2 is 2.05 bits per heavy atom. The number of aromatic amines is 1. The number of nitrogens with one attached hydrogen (secondary N) is 1. The van der Waals surface area contributed by atoms with E-state index in [2.05, 4.69) is 9.97 Å². The van der Waals surface area contributed by atoms with Crippen LogP contribution in [0.25, 0.3) is 0 Å². The van der Waals surface area contributed by atoms with Crippen LogP contribution in [0.3, 0.4) is 0 Å². The van der Waals surface area contributed by atoms with Gasteiger partial charge >= 0.3 is 5.97 Å². The predicted octanol–water partition coefficient (Wildman–Crippen LogP) is 2.24. The first kappa shape index (κ1) is 13.1. The fourth-order valence-electron chi connectivity index (χ4n) is 1.60. The van der Waals surface area contributed by atoms with Gasteiger partial charge in [-0.05, 0) is 31.5 Å². The summed E-state index contributed by atoms with van der Waals surface area (Å²) in [6.07, 6.45) is 4.19. The van der Waals surface area contributed by atoms with E-state index in [4.69, 9.17) is 9.84 Å². The molecule has 100 valence electrons. The van der Waals surface area contributed by atoms with E-state index in [9.17, 15) is 4.79 Å². The highest BCUT2D eigenvalue weighted by Gasteiger charge is 2.29. The monoisotopic (exact) mass is 260 g/mol. The predicted molar refractivity (Wildman–Crippen MR) is 70.2 cm³/mol. The Kier molecular flexibility index (Phi) is 3.55. The lowest BCUT2D eigenvalue weighted by Crippen LogP contribution is -2.37. The van der Waals surface area contributed by atoms with Crippen molar-refractivity contribution in [2.75, 3.05) is 0 Å². The molecule has 0 atom stereocenters. The molecule has 0 unspecified atom stereocenters. The molecule has 2 N–H and O–H groups in total. The third kappa shape index (κ3) is 3.34. The third-order valence-electron chi connectivity index (χ3n) is 2.74. The third-order valence-corrected chi connectivity index (χ3v) is 2.74. The molecule has 0 bridgehead atoms. The SMILES string of the molecule is CC(C)(Oc1ccc(Cc2ncc[nH]2)cc1)C(=O)O. The number of nitrogens with zero attached hydrogens (tertiary/aromatic N) is 1. The molecule has 5 heteroatoms. The molecule has 0 fully saturated rings. The van der Waals surface area contributed by atoms with E-state index < -0.39 is 11.6 Å². The van der Waals surface area contributed by atoms with Crippen LogP contribution in [0.5, 0.6) is 5.75 Å². The summed E-state index contributed by atoms with van der Waals surface area (Å²) >= 11 is 0. The minimum atomic E-state index is -1.23. The summed E-state index contributed by atoms with van der Waals surface area (Å²) in [5.41, 5.74) is -0.155. The van der Waals surface area contributed by atoms with Crippen molar-refractivity contribution in [3.05, 3.63) is 48.0 Å².